The van der Waals surface area contributed by atoms with Gasteiger partial charge in [0.05, 0.1) is 58.2 Å². The van der Waals surface area contributed by atoms with Crippen LogP contribution in [0.15, 0.2) is 4.99 Å². The fourth-order valence-electron chi connectivity index (χ4n) is 5.06. The Morgan fingerprint density at radius 3 is 2.34 bits per heavy atom. The fraction of sp³-hybridized carbons (Fsp3) is 0.818. The molecule has 32 heteroatoms. The number of ether oxygens (including phenoxy) is 7. The van der Waals surface area contributed by atoms with Crippen molar-refractivity contribution in [2.45, 2.75) is 76.6 Å². The molecule has 25 nitrogen and oxygen atoms in total. The monoisotopic (exact) mass is 1070 g/mol. The summed E-state index contributed by atoms with van der Waals surface area (Å²) in [6.07, 6.45) is -2.34. The Morgan fingerprint density at radius 1 is 0.908 bits per heavy atom. The number of rotatable bonds is 33. The molecule has 8 N–H and O–H groups in total. The molecule has 1 saturated heterocycles. The van der Waals surface area contributed by atoms with E-state index < -0.39 is 72.6 Å². The molecule has 0 saturated carbocycles. The average Bonchev–Trinajstić information content (AvgIpc) is 3.61. The number of nitrogens with one attached hydrogen (secondary N) is 2. The summed E-state index contributed by atoms with van der Waals surface area (Å²) in [6.45, 7) is 10.2. The summed E-state index contributed by atoms with van der Waals surface area (Å²) in [4.78, 5) is 79.0. The third kappa shape index (κ3) is 28.0. The first-order valence-corrected chi connectivity index (χ1v) is 29.3. The van der Waals surface area contributed by atoms with Crippen LogP contribution in [0.5, 0.6) is 0 Å². The first-order chi connectivity index (χ1) is 30.7. The maximum absolute atomic E-state index is 12.9. The number of phosphoric acid groups is 3. The van der Waals surface area contributed by atoms with Crippen molar-refractivity contribution in [3.05, 3.63) is 0 Å². The van der Waals surface area contributed by atoms with Crippen molar-refractivity contribution < 1.29 is 94.0 Å². The lowest BCUT2D eigenvalue weighted by molar-refractivity contribution is -0.0694. The number of hydrogen-bond donors (Lipinski definition) is 7. The van der Waals surface area contributed by atoms with Crippen LogP contribution in [0.25, 0.3) is 0 Å². The van der Waals surface area contributed by atoms with Gasteiger partial charge in [-0.05, 0) is 40.0 Å². The van der Waals surface area contributed by atoms with Gasteiger partial charge in [0.15, 0.2) is 0 Å². The molecule has 0 aliphatic carbocycles. The molecular formula is C33H60N5O20P3S4. The SMILES string of the molecule is CCOCCOCCNC(=O)OCCC(C)(C)SSCOCCCCOC(=O)NCC#CC1CN([C@H]2C[C@@H](OCSSCC)C(COP(=O)(O)OP(=O)(O)OP(=O)(O)O)O2)C(=O)N=C1N. The van der Waals surface area contributed by atoms with Gasteiger partial charge >= 0.3 is 41.7 Å². The van der Waals surface area contributed by atoms with E-state index in [0.717, 1.165) is 5.75 Å². The molecule has 0 bridgehead atoms. The number of phosphoric ester groups is 1. The molecule has 1 fully saturated rings. The topological polar surface area (TPSA) is 341 Å². The van der Waals surface area contributed by atoms with Crippen LogP contribution in [0.4, 0.5) is 14.4 Å². The number of amides is 4. The van der Waals surface area contributed by atoms with Crippen molar-refractivity contribution in [2.24, 2.45) is 16.6 Å². The highest BCUT2D eigenvalue weighted by Crippen LogP contribution is 2.66. The van der Waals surface area contributed by atoms with Crippen LogP contribution in [-0.2, 0) is 60.0 Å². The number of nitrogens with zero attached hydrogens (tertiary/aromatic N) is 2. The molecule has 0 aromatic heterocycles. The molecule has 2 aliphatic heterocycles. The second-order valence-corrected chi connectivity index (χ2v) is 23.8. The van der Waals surface area contributed by atoms with Gasteiger partial charge in [0.2, 0.25) is 0 Å². The lowest BCUT2D eigenvalue weighted by atomic mass is 10.1. The first-order valence-electron chi connectivity index (χ1n) is 19.9. The molecule has 6 atom stereocenters. The molecule has 0 spiro atoms. The first kappa shape index (κ1) is 59.8. The maximum Gasteiger partial charge on any atom is 0.490 e. The molecule has 2 aliphatic rings. The largest absolute Gasteiger partial charge is 0.490 e. The van der Waals surface area contributed by atoms with Crippen molar-refractivity contribution in [1.82, 2.24) is 15.5 Å². The Bertz CT molecular complexity index is 1710. The van der Waals surface area contributed by atoms with Gasteiger partial charge in [-0.25, -0.2) is 28.1 Å². The normalized spacial score (nSPS) is 20.8. The second kappa shape index (κ2) is 31.7. The van der Waals surface area contributed by atoms with Crippen LogP contribution in [0.3, 0.4) is 0 Å². The number of hydrogen-bond acceptors (Lipinski definition) is 21. The van der Waals surface area contributed by atoms with Crippen LogP contribution in [0.2, 0.25) is 0 Å². The van der Waals surface area contributed by atoms with Crippen molar-refractivity contribution in [1.29, 1.82) is 0 Å². The van der Waals surface area contributed by atoms with Crippen LogP contribution < -0.4 is 16.4 Å². The Kier molecular flexibility index (Phi) is 29.2. The second-order valence-electron chi connectivity index (χ2n) is 13.7. The van der Waals surface area contributed by atoms with Gasteiger partial charge in [-0.3, -0.25) is 9.42 Å². The summed E-state index contributed by atoms with van der Waals surface area (Å²) in [5, 5.41) is 5.16. The standard InChI is InChI=1S/C33H60N5O20P3S4/c1-5-49-18-19-50-17-13-36-32(41)53-16-11-33(3,4)65-64-23-51-14-7-8-15-52-31(40)35-12-9-10-25-21-38(30(39)37-29(25)34)28-20-26(54-24-63-62-6-2)27(56-28)22-55-60(45,46)58-61(47,48)57-59(42,43)44/h25-28H,5-8,11-24H2,1-4H3,(H,35,40)(H,36,41)(H,45,46)(H,47,48)(H2,34,37,39)(H2,42,43,44)/t25?,26-,27?,28-/m1/s1. The molecule has 4 amide bonds. The minimum absolute atomic E-state index is 0.0211. The number of carbonyl (C=O) groups is 3. The summed E-state index contributed by atoms with van der Waals surface area (Å²) in [5.41, 5.74) is 6.00. The summed E-state index contributed by atoms with van der Waals surface area (Å²) < 4.78 is 85.5. The quantitative estimate of drug-likeness (QED) is 0.0157. The van der Waals surface area contributed by atoms with E-state index in [9.17, 15) is 37.9 Å². The third-order valence-corrected chi connectivity index (χ3v) is 17.0. The van der Waals surface area contributed by atoms with E-state index in [-0.39, 0.29) is 49.2 Å². The molecule has 0 aromatic carbocycles. The van der Waals surface area contributed by atoms with Gasteiger partial charge in [0.25, 0.3) is 0 Å². The summed E-state index contributed by atoms with van der Waals surface area (Å²) >= 11 is 0. The molecule has 2 heterocycles. The van der Waals surface area contributed by atoms with Crippen molar-refractivity contribution in [3.8, 4) is 11.8 Å². The Morgan fingerprint density at radius 2 is 1.62 bits per heavy atom. The predicted octanol–water partition coefficient (Wildman–Crippen LogP) is 4.41. The van der Waals surface area contributed by atoms with Gasteiger partial charge in [0, 0.05) is 43.2 Å². The van der Waals surface area contributed by atoms with E-state index in [1.165, 1.54) is 26.5 Å². The smallest absolute Gasteiger partial charge is 0.450 e. The number of carbonyl (C=O) groups excluding carboxylic acids is 3. The van der Waals surface area contributed by atoms with Crippen LogP contribution in [0.1, 0.15) is 53.4 Å². The third-order valence-electron chi connectivity index (χ3n) is 8.04. The number of nitrogens with two attached hydrogens (primary N) is 1. The minimum atomic E-state index is -5.75. The molecular weight excluding hydrogens is 1010 g/mol. The molecule has 4 unspecified atom stereocenters. The summed E-state index contributed by atoms with van der Waals surface area (Å²) in [6, 6.07) is -0.768. The number of aliphatic imine (C=N–C) groups is 1. The van der Waals surface area contributed by atoms with Crippen molar-refractivity contribution >= 4 is 90.7 Å². The molecule has 0 radical (unpaired) electrons. The predicted molar refractivity (Wildman–Crippen MR) is 243 cm³/mol. The molecule has 376 valence electrons. The average molecular weight is 1070 g/mol. The summed E-state index contributed by atoms with van der Waals surface area (Å²) in [7, 11) is -10.8. The highest BCUT2D eigenvalue weighted by atomic mass is 33.1. The highest BCUT2D eigenvalue weighted by molar-refractivity contribution is 8.77. The van der Waals surface area contributed by atoms with Crippen LogP contribution in [-0.4, -0.2) is 162 Å². The minimum Gasteiger partial charge on any atom is -0.450 e. The van der Waals surface area contributed by atoms with E-state index >= 15 is 0 Å². The number of unbranched alkanes of at least 4 members (excludes halogenated alkanes) is 1. The van der Waals surface area contributed by atoms with Gasteiger partial charge < -0.3 is 69.1 Å². The molecule has 0 aromatic rings. The van der Waals surface area contributed by atoms with Gasteiger partial charge in [-0.2, -0.15) is 13.6 Å². The molecule has 2 rings (SSSR count). The lowest BCUT2D eigenvalue weighted by Gasteiger charge is -2.32. The van der Waals surface area contributed by atoms with Crippen LogP contribution >= 0.6 is 66.6 Å². The van der Waals surface area contributed by atoms with Crippen molar-refractivity contribution in [3.63, 3.8) is 0 Å². The molecule has 65 heavy (non-hydrogen) atoms. The zero-order valence-corrected chi connectivity index (χ0v) is 42.3. The zero-order valence-electron chi connectivity index (χ0n) is 36.3. The van der Waals surface area contributed by atoms with Crippen LogP contribution in [0, 0.1) is 17.8 Å². The van der Waals surface area contributed by atoms with Crippen molar-refractivity contribution in [2.75, 3.05) is 90.1 Å². The van der Waals surface area contributed by atoms with Gasteiger partial charge in [0.1, 0.15) is 30.0 Å². The fourth-order valence-corrected chi connectivity index (χ4v) is 11.7. The van der Waals surface area contributed by atoms with E-state index in [4.69, 9.17) is 53.2 Å². The van der Waals surface area contributed by atoms with E-state index in [1.807, 2.05) is 13.8 Å². The van der Waals surface area contributed by atoms with Gasteiger partial charge in [-0.1, -0.05) is 61.9 Å². The maximum atomic E-state index is 12.9. The number of urea groups is 1. The Balaban J connectivity index is 1.69. The number of alkyl carbamates (subject to hydrolysis) is 2. The lowest BCUT2D eigenvalue weighted by Crippen LogP contribution is -2.49. The van der Waals surface area contributed by atoms with E-state index in [0.29, 0.717) is 64.8 Å². The zero-order chi connectivity index (χ0) is 48.4. The van der Waals surface area contributed by atoms with E-state index in [1.54, 1.807) is 21.6 Å². The highest BCUT2D eigenvalue weighted by Gasteiger charge is 2.46. The Hall–Kier alpha value is -1.35. The number of amidine groups is 1. The Labute approximate surface area is 393 Å². The van der Waals surface area contributed by atoms with Gasteiger partial charge in [-0.15, -0.1) is 0 Å². The van der Waals surface area contributed by atoms with E-state index in [2.05, 4.69) is 49.9 Å². The summed E-state index contributed by atoms with van der Waals surface area (Å²) in [5.74, 6) is 6.11.